The summed E-state index contributed by atoms with van der Waals surface area (Å²) in [6.07, 6.45) is -2.46. The smallest absolute Gasteiger partial charge is 0.454 e. The lowest BCUT2D eigenvalue weighted by Gasteiger charge is -2.20. The third-order valence-electron chi connectivity index (χ3n) is 9.92. The molecule has 4 aromatic heterocycles. The number of ketones is 2. The van der Waals surface area contributed by atoms with Crippen LogP contribution in [0.4, 0.5) is 43.5 Å². The van der Waals surface area contributed by atoms with Gasteiger partial charge in [0.25, 0.3) is 23.4 Å². The molecule has 0 unspecified atom stereocenters. The second-order valence-electron chi connectivity index (χ2n) is 13.9. The molecule has 0 spiro atoms. The van der Waals surface area contributed by atoms with Crippen molar-refractivity contribution in [2.75, 3.05) is 48.2 Å². The highest BCUT2D eigenvalue weighted by Crippen LogP contribution is 2.36. The van der Waals surface area contributed by atoms with Crippen molar-refractivity contribution in [3.8, 4) is 11.8 Å². The lowest BCUT2D eigenvalue weighted by Crippen LogP contribution is -2.32. The highest BCUT2D eigenvalue weighted by atomic mass is 35.5. The van der Waals surface area contributed by atoms with Gasteiger partial charge in [-0.15, -0.1) is 11.6 Å². The molecule has 2 aliphatic rings. The first-order chi connectivity index (χ1) is 30.4. The molecule has 2 amide bonds. The van der Waals surface area contributed by atoms with E-state index in [1.165, 1.54) is 53.4 Å². The van der Waals surface area contributed by atoms with Crippen molar-refractivity contribution < 1.29 is 55.0 Å². The number of Topliss-reactive ketones (excluding diaryl/α,β-unsaturated/α-hetero) is 2. The van der Waals surface area contributed by atoms with Gasteiger partial charge in [-0.2, -0.15) is 26.3 Å². The lowest BCUT2D eigenvalue weighted by atomic mass is 10.1. The first-order valence-electron chi connectivity index (χ1n) is 19.3. The number of anilines is 3. The summed E-state index contributed by atoms with van der Waals surface area (Å²) in [5.74, 6) is -4.94. The van der Waals surface area contributed by atoms with Crippen LogP contribution in [0.2, 0.25) is 5.15 Å². The molecule has 8 rings (SSSR count). The summed E-state index contributed by atoms with van der Waals surface area (Å²) in [7, 11) is 0. The van der Waals surface area contributed by atoms with Gasteiger partial charge in [-0.3, -0.25) is 19.2 Å². The van der Waals surface area contributed by atoms with Gasteiger partial charge < -0.3 is 34.1 Å². The number of aromatic nitrogens is 6. The molecule has 338 valence electrons. The van der Waals surface area contributed by atoms with Crippen LogP contribution in [0.1, 0.15) is 68.1 Å². The zero-order valence-electron chi connectivity index (χ0n) is 34.1. The van der Waals surface area contributed by atoms with E-state index < -0.39 is 46.9 Å². The number of hydrogen-bond acceptors (Lipinski definition) is 11. The summed E-state index contributed by atoms with van der Waals surface area (Å²) in [4.78, 5) is 68.4. The minimum Gasteiger partial charge on any atom is -0.475 e. The van der Waals surface area contributed by atoms with Gasteiger partial charge in [0.05, 0.1) is 24.2 Å². The molecule has 0 saturated carbocycles. The summed E-state index contributed by atoms with van der Waals surface area (Å²) >= 11 is 10.7. The van der Waals surface area contributed by atoms with E-state index in [4.69, 9.17) is 26.8 Å². The molecule has 0 bridgehead atoms. The average molecular weight is 937 g/mol. The SMILES string of the molecule is CCCn1cc(C(=O)C(F)(F)F)c2cc(N3CCOc4ncnc(Cl)c4C3=O)ccc21.CCCn1cc(C(=O)C(F)(F)F)c2cc(N3CCOc4ncnc(N)c4C3=O)ccc21.CCl. The van der Waals surface area contributed by atoms with Gasteiger partial charge in [0, 0.05) is 65.0 Å². The molecule has 23 heteroatoms. The Balaban J connectivity index is 0.000000205. The van der Waals surface area contributed by atoms with Crippen molar-refractivity contribution in [1.82, 2.24) is 29.1 Å². The number of benzene rings is 2. The molecule has 6 aromatic rings. The third kappa shape index (κ3) is 9.26. The monoisotopic (exact) mass is 935 g/mol. The van der Waals surface area contributed by atoms with Gasteiger partial charge in [-0.25, -0.2) is 19.9 Å². The van der Waals surface area contributed by atoms with Crippen LogP contribution in [0.15, 0.2) is 61.4 Å². The highest BCUT2D eigenvalue weighted by molar-refractivity contribution is 6.34. The maximum atomic E-state index is 13.2. The maximum Gasteiger partial charge on any atom is 0.454 e. The van der Waals surface area contributed by atoms with Crippen molar-refractivity contribution in [2.24, 2.45) is 0 Å². The molecular weight excluding hydrogens is 899 g/mol. The van der Waals surface area contributed by atoms with E-state index in [0.717, 1.165) is 0 Å². The zero-order valence-corrected chi connectivity index (χ0v) is 35.6. The fourth-order valence-electron chi connectivity index (χ4n) is 7.19. The second-order valence-corrected chi connectivity index (χ2v) is 14.3. The number of aryl methyl sites for hydroxylation is 2. The number of amides is 2. The van der Waals surface area contributed by atoms with Crippen molar-refractivity contribution in [2.45, 2.75) is 52.1 Å². The van der Waals surface area contributed by atoms with E-state index in [1.807, 2.05) is 13.8 Å². The first kappa shape index (κ1) is 47.0. The minimum absolute atomic E-state index is 0.0183. The third-order valence-corrected chi connectivity index (χ3v) is 10.2. The lowest BCUT2D eigenvalue weighted by molar-refractivity contribution is -0.0887. The van der Waals surface area contributed by atoms with E-state index in [-0.39, 0.29) is 70.9 Å². The molecule has 0 radical (unpaired) electrons. The Hall–Kier alpha value is -6.48. The maximum absolute atomic E-state index is 13.2. The molecule has 0 fully saturated rings. The van der Waals surface area contributed by atoms with Crippen LogP contribution in [-0.4, -0.2) is 97.5 Å². The molecule has 2 N–H and O–H groups in total. The molecule has 15 nitrogen and oxygen atoms in total. The van der Waals surface area contributed by atoms with E-state index in [9.17, 15) is 45.5 Å². The predicted molar refractivity (Wildman–Crippen MR) is 225 cm³/mol. The molecule has 0 atom stereocenters. The number of nitrogens with two attached hydrogens (primary N) is 1. The number of ether oxygens (including phenoxy) is 2. The summed E-state index contributed by atoms with van der Waals surface area (Å²) in [6.45, 7) is 5.05. The largest absolute Gasteiger partial charge is 0.475 e. The quantitative estimate of drug-likeness (QED) is 0.0671. The van der Waals surface area contributed by atoms with Crippen LogP contribution < -0.4 is 25.0 Å². The number of nitrogens with zero attached hydrogens (tertiary/aromatic N) is 8. The molecule has 2 aliphatic heterocycles. The Kier molecular flexibility index (Phi) is 14.0. The van der Waals surface area contributed by atoms with E-state index >= 15 is 0 Å². The summed E-state index contributed by atoms with van der Waals surface area (Å²) in [5, 5.41) is 0.135. The van der Waals surface area contributed by atoms with E-state index in [2.05, 4.69) is 31.5 Å². The van der Waals surface area contributed by atoms with Crippen LogP contribution in [0.25, 0.3) is 21.8 Å². The molecular formula is C41H37Cl2F6N9O6. The van der Waals surface area contributed by atoms with Crippen molar-refractivity contribution in [3.05, 3.63) is 88.9 Å². The van der Waals surface area contributed by atoms with Gasteiger partial charge in [0.1, 0.15) is 48.0 Å². The fourth-order valence-corrected chi connectivity index (χ4v) is 7.39. The first-order valence-corrected chi connectivity index (χ1v) is 20.4. The molecule has 64 heavy (non-hydrogen) atoms. The topological polar surface area (TPSA) is 181 Å². The minimum atomic E-state index is -5.02. The average Bonchev–Trinajstić information content (AvgIpc) is 3.67. The van der Waals surface area contributed by atoms with Gasteiger partial charge in [-0.1, -0.05) is 25.4 Å². The fraction of sp³-hybridized carbons (Fsp3) is 0.317. The number of fused-ring (bicyclic) bond motifs is 4. The van der Waals surface area contributed by atoms with Crippen molar-refractivity contribution >= 4 is 85.6 Å². The molecule has 0 aliphatic carbocycles. The van der Waals surface area contributed by atoms with Gasteiger partial charge in [0.15, 0.2) is 0 Å². The Bertz CT molecular complexity index is 2570. The Labute approximate surface area is 369 Å². The van der Waals surface area contributed by atoms with Gasteiger partial charge in [0.2, 0.25) is 11.8 Å². The Morgan fingerprint density at radius 3 is 1.55 bits per heavy atom. The van der Waals surface area contributed by atoms with Crippen LogP contribution in [-0.2, 0) is 13.1 Å². The Morgan fingerprint density at radius 1 is 0.688 bits per heavy atom. The summed E-state index contributed by atoms with van der Waals surface area (Å²) in [6, 6.07) is 9.22. The van der Waals surface area contributed by atoms with Crippen LogP contribution >= 0.6 is 23.2 Å². The number of nitrogen functional groups attached to an aromatic ring is 1. The number of carbonyl (C=O) groups is 4. The predicted octanol–water partition coefficient (Wildman–Crippen LogP) is 8.34. The number of hydrogen-bond donors (Lipinski definition) is 1. The van der Waals surface area contributed by atoms with Gasteiger partial charge in [-0.05, 0) is 49.2 Å². The zero-order chi connectivity index (χ0) is 46.7. The number of alkyl halides is 7. The number of carbonyl (C=O) groups excluding carboxylic acids is 4. The summed E-state index contributed by atoms with van der Waals surface area (Å²) in [5.41, 5.74) is 6.42. The van der Waals surface area contributed by atoms with Crippen molar-refractivity contribution in [3.63, 3.8) is 0 Å². The second kappa shape index (κ2) is 19.1. The van der Waals surface area contributed by atoms with E-state index in [0.29, 0.717) is 48.3 Å². The molecule has 0 saturated heterocycles. The summed E-state index contributed by atoms with van der Waals surface area (Å²) < 4.78 is 93.2. The Morgan fingerprint density at radius 2 is 1.11 bits per heavy atom. The number of halogens is 8. The number of rotatable bonds is 8. The highest BCUT2D eigenvalue weighted by Gasteiger charge is 2.42. The van der Waals surface area contributed by atoms with Crippen LogP contribution in [0.3, 0.4) is 0 Å². The van der Waals surface area contributed by atoms with E-state index in [1.54, 1.807) is 33.4 Å². The van der Waals surface area contributed by atoms with Crippen LogP contribution in [0, 0.1) is 0 Å². The normalized spacial score (nSPS) is 14.0. The van der Waals surface area contributed by atoms with Crippen molar-refractivity contribution in [1.29, 1.82) is 0 Å². The standard InChI is InChI=1S/C20H16ClF3N4O3.C20H18F3N5O3.CH3Cl/c1-2-5-27-9-13(16(29)20(22,23)24)12-8-11(3-4-14(12)27)28-6-7-31-18-15(19(28)30)17(21)25-10-26-18;1-2-5-27-9-13(16(29)20(21,22)23)12-8-11(3-4-14(12)27)28-6-7-31-18-15(19(28)30)17(24)25-10-26-18;1-2/h3-4,8-10H,2,5-7H2,1H3;3-4,8-10H,2,5-7H2,1H3,(H2,24,25,26);1H3. The molecule has 2 aromatic carbocycles. The molecule has 6 heterocycles. The van der Waals surface area contributed by atoms with Crippen LogP contribution in [0.5, 0.6) is 11.8 Å². The van der Waals surface area contributed by atoms with Gasteiger partial charge >= 0.3 is 12.4 Å².